The minimum Gasteiger partial charge on any atom is -0.390 e. The molecule has 3 aromatic rings. The van der Waals surface area contributed by atoms with Gasteiger partial charge in [0.1, 0.15) is 23.4 Å². The highest BCUT2D eigenvalue weighted by Gasteiger charge is 2.30. The van der Waals surface area contributed by atoms with Gasteiger partial charge >= 0.3 is 0 Å². The third-order valence-electron chi connectivity index (χ3n) is 5.24. The van der Waals surface area contributed by atoms with Crippen molar-refractivity contribution in [3.05, 3.63) is 82.4 Å². The zero-order valence-corrected chi connectivity index (χ0v) is 21.7. The van der Waals surface area contributed by atoms with Gasteiger partial charge in [0.2, 0.25) is 15.9 Å². The molecule has 2 aromatic carbocycles. The number of sulfonamides is 1. The predicted molar refractivity (Wildman–Crippen MR) is 137 cm³/mol. The molecule has 0 spiro atoms. The van der Waals surface area contributed by atoms with Crippen LogP contribution in [0.15, 0.2) is 53.9 Å². The second-order valence-corrected chi connectivity index (χ2v) is 11.1. The first-order chi connectivity index (χ1) is 17.9. The third kappa shape index (κ3) is 9.13. The molecule has 0 bridgehead atoms. The van der Waals surface area contributed by atoms with Crippen molar-refractivity contribution in [3.8, 4) is 0 Å². The zero-order chi connectivity index (χ0) is 27.9. The number of carbonyl (C=O) groups is 2. The molecule has 0 aliphatic carbocycles. The fraction of sp³-hybridized carbons (Fsp3) is 0.292. The van der Waals surface area contributed by atoms with E-state index in [4.69, 9.17) is 0 Å². The van der Waals surface area contributed by atoms with Gasteiger partial charge in [0, 0.05) is 18.0 Å². The van der Waals surface area contributed by atoms with Crippen molar-refractivity contribution < 1.29 is 37.0 Å². The molecule has 0 fully saturated rings. The minimum absolute atomic E-state index is 0.0722. The van der Waals surface area contributed by atoms with Crippen molar-refractivity contribution in [2.75, 3.05) is 11.0 Å². The van der Waals surface area contributed by atoms with E-state index in [1.807, 2.05) is 6.07 Å². The summed E-state index contributed by atoms with van der Waals surface area (Å²) in [4.78, 5) is 29.0. The standard InChI is InChI=1S/C24H26F2N4O6S2/c1-38(35,36)30-24-29-19(13-37-24)23(34)28-18(9-15-7-16(25)10-17(26)8-15)22(33)20(31)11-21(32)27-12-14-5-3-2-4-6-14/h2-8,10,13,18,20,22,31,33H,9,11-12H2,1H3,(H,27,32)(H,28,34)(H,29,30)/t18-,20+,22+/m0/s1. The molecule has 38 heavy (non-hydrogen) atoms. The fourth-order valence-corrected chi connectivity index (χ4v) is 5.06. The Bertz CT molecular complexity index is 1350. The highest BCUT2D eigenvalue weighted by atomic mass is 32.2. The summed E-state index contributed by atoms with van der Waals surface area (Å²) in [6.45, 7) is 0.193. The van der Waals surface area contributed by atoms with Gasteiger partial charge in [0.25, 0.3) is 5.91 Å². The largest absolute Gasteiger partial charge is 0.390 e. The predicted octanol–water partition coefficient (Wildman–Crippen LogP) is 1.56. The Kier molecular flexibility index (Phi) is 9.85. The van der Waals surface area contributed by atoms with Gasteiger partial charge in [0.05, 0.1) is 24.8 Å². The molecular formula is C24H26F2N4O6S2. The summed E-state index contributed by atoms with van der Waals surface area (Å²) in [6, 6.07) is 10.4. The summed E-state index contributed by atoms with van der Waals surface area (Å²) in [6.07, 6.45) is -3.27. The lowest BCUT2D eigenvalue weighted by atomic mass is 9.95. The Morgan fingerprint density at radius 3 is 2.34 bits per heavy atom. The Hall–Kier alpha value is -3.46. The number of halogens is 2. The highest BCUT2D eigenvalue weighted by Crippen LogP contribution is 2.18. The summed E-state index contributed by atoms with van der Waals surface area (Å²) in [7, 11) is -3.64. The maximum Gasteiger partial charge on any atom is 0.271 e. The second kappa shape index (κ2) is 12.9. The van der Waals surface area contributed by atoms with Crippen molar-refractivity contribution in [3.63, 3.8) is 0 Å². The SMILES string of the molecule is CS(=O)(=O)Nc1nc(C(=O)N[C@@H](Cc2cc(F)cc(F)c2)[C@@H](O)[C@H](O)CC(=O)NCc2ccccc2)cs1. The molecule has 0 aliphatic rings. The number of rotatable bonds is 12. The smallest absolute Gasteiger partial charge is 0.271 e. The van der Waals surface area contributed by atoms with Crippen molar-refractivity contribution in [2.24, 2.45) is 0 Å². The normalized spacial score (nSPS) is 13.8. The molecule has 2 amide bonds. The van der Waals surface area contributed by atoms with Gasteiger partial charge in [-0.25, -0.2) is 22.2 Å². The van der Waals surface area contributed by atoms with Crippen molar-refractivity contribution >= 4 is 38.3 Å². The van der Waals surface area contributed by atoms with Crippen LogP contribution < -0.4 is 15.4 Å². The first-order valence-corrected chi connectivity index (χ1v) is 14.0. The molecule has 1 heterocycles. The monoisotopic (exact) mass is 568 g/mol. The van der Waals surface area contributed by atoms with Crippen LogP contribution in [0.4, 0.5) is 13.9 Å². The van der Waals surface area contributed by atoms with Crippen LogP contribution in [0.2, 0.25) is 0 Å². The molecule has 5 N–H and O–H groups in total. The van der Waals surface area contributed by atoms with Crippen LogP contribution in [-0.2, 0) is 27.8 Å². The number of thiazole rings is 1. The van der Waals surface area contributed by atoms with E-state index in [0.717, 1.165) is 35.3 Å². The molecule has 0 aliphatic heterocycles. The molecule has 14 heteroatoms. The lowest BCUT2D eigenvalue weighted by Gasteiger charge is -2.27. The first kappa shape index (κ1) is 29.1. The number of carbonyl (C=O) groups excluding carboxylic acids is 2. The van der Waals surface area contributed by atoms with E-state index >= 15 is 0 Å². The Labute approximate surface area is 221 Å². The quantitative estimate of drug-likeness (QED) is 0.222. The number of nitrogens with zero attached hydrogens (tertiary/aromatic N) is 1. The molecule has 0 unspecified atom stereocenters. The number of aliphatic hydroxyl groups excluding tert-OH is 2. The molecule has 1 aromatic heterocycles. The van der Waals surface area contributed by atoms with Crippen molar-refractivity contribution in [1.82, 2.24) is 15.6 Å². The zero-order valence-electron chi connectivity index (χ0n) is 20.1. The molecular weight excluding hydrogens is 542 g/mol. The lowest BCUT2D eigenvalue weighted by Crippen LogP contribution is -2.50. The number of hydrogen-bond donors (Lipinski definition) is 5. The summed E-state index contributed by atoms with van der Waals surface area (Å²) in [5.74, 6) is -3.17. The lowest BCUT2D eigenvalue weighted by molar-refractivity contribution is -0.125. The van der Waals surface area contributed by atoms with Crippen molar-refractivity contribution in [1.29, 1.82) is 0 Å². The number of hydrogen-bond acceptors (Lipinski definition) is 8. The Morgan fingerprint density at radius 1 is 1.05 bits per heavy atom. The summed E-state index contributed by atoms with van der Waals surface area (Å²) < 4.78 is 52.4. The Balaban J connectivity index is 1.72. The molecule has 10 nitrogen and oxygen atoms in total. The van der Waals surface area contributed by atoms with E-state index in [2.05, 4.69) is 20.3 Å². The number of amides is 2. The van der Waals surface area contributed by atoms with Crippen LogP contribution in [0.3, 0.4) is 0 Å². The van der Waals surface area contributed by atoms with Gasteiger partial charge in [-0.15, -0.1) is 11.3 Å². The van der Waals surface area contributed by atoms with E-state index < -0.39 is 58.1 Å². The van der Waals surface area contributed by atoms with E-state index in [1.54, 1.807) is 24.3 Å². The summed E-state index contributed by atoms with van der Waals surface area (Å²) in [5.41, 5.74) is 0.700. The van der Waals surface area contributed by atoms with Gasteiger partial charge in [-0.3, -0.25) is 14.3 Å². The maximum atomic E-state index is 13.7. The number of anilines is 1. The summed E-state index contributed by atoms with van der Waals surface area (Å²) >= 11 is 0.840. The van der Waals surface area contributed by atoms with Gasteiger partial charge in [-0.1, -0.05) is 30.3 Å². The van der Waals surface area contributed by atoms with Crippen LogP contribution in [0, 0.1) is 11.6 Å². The third-order valence-corrected chi connectivity index (χ3v) is 6.69. The summed E-state index contributed by atoms with van der Waals surface area (Å²) in [5, 5.41) is 27.6. The highest BCUT2D eigenvalue weighted by molar-refractivity contribution is 7.92. The minimum atomic E-state index is -3.64. The van der Waals surface area contributed by atoms with Gasteiger partial charge in [0.15, 0.2) is 5.13 Å². The van der Waals surface area contributed by atoms with Crippen molar-refractivity contribution in [2.45, 2.75) is 37.6 Å². The number of aliphatic hydroxyl groups is 2. The van der Waals surface area contributed by atoms with Gasteiger partial charge in [-0.2, -0.15) is 0 Å². The van der Waals surface area contributed by atoms with E-state index in [0.29, 0.717) is 6.07 Å². The van der Waals surface area contributed by atoms with Crippen LogP contribution >= 0.6 is 11.3 Å². The fourth-order valence-electron chi connectivity index (χ4n) is 3.51. The van der Waals surface area contributed by atoms with Crippen LogP contribution in [0.5, 0.6) is 0 Å². The number of benzene rings is 2. The molecule has 3 rings (SSSR count). The van der Waals surface area contributed by atoms with E-state index in [-0.39, 0.29) is 29.4 Å². The van der Waals surface area contributed by atoms with Gasteiger partial charge < -0.3 is 20.8 Å². The number of nitrogens with one attached hydrogen (secondary N) is 3. The average molecular weight is 569 g/mol. The van der Waals surface area contributed by atoms with Crippen LogP contribution in [0.1, 0.15) is 28.0 Å². The van der Waals surface area contributed by atoms with Crippen LogP contribution in [0.25, 0.3) is 0 Å². The van der Waals surface area contributed by atoms with Crippen LogP contribution in [-0.4, -0.2) is 59.9 Å². The van der Waals surface area contributed by atoms with E-state index in [9.17, 15) is 37.0 Å². The molecule has 0 radical (unpaired) electrons. The average Bonchev–Trinajstić information content (AvgIpc) is 3.29. The second-order valence-electron chi connectivity index (χ2n) is 8.50. The topological polar surface area (TPSA) is 158 Å². The molecule has 3 atom stereocenters. The maximum absolute atomic E-state index is 13.7. The Morgan fingerprint density at radius 2 is 1.71 bits per heavy atom. The first-order valence-electron chi connectivity index (χ1n) is 11.3. The van der Waals surface area contributed by atoms with E-state index in [1.165, 1.54) is 5.38 Å². The molecule has 0 saturated carbocycles. The molecule has 0 saturated heterocycles. The van der Waals surface area contributed by atoms with Gasteiger partial charge in [-0.05, 0) is 29.7 Å². The number of aromatic nitrogens is 1. The molecule has 204 valence electrons.